The van der Waals surface area contributed by atoms with Crippen molar-refractivity contribution in [1.82, 2.24) is 19.7 Å². The first-order chi connectivity index (χ1) is 11.1. The summed E-state index contributed by atoms with van der Waals surface area (Å²) in [6, 6.07) is 6.57. The van der Waals surface area contributed by atoms with Crippen LogP contribution in [0.2, 0.25) is 0 Å². The molecular formula is C17H23FN4S. The van der Waals surface area contributed by atoms with Crippen LogP contribution >= 0.6 is 11.8 Å². The summed E-state index contributed by atoms with van der Waals surface area (Å²) in [4.78, 5) is 2.43. The molecule has 2 heterocycles. The molecule has 1 aliphatic heterocycles. The molecule has 4 nitrogen and oxygen atoms in total. The van der Waals surface area contributed by atoms with Gasteiger partial charge in [0.2, 0.25) is 0 Å². The number of piperidine rings is 1. The lowest BCUT2D eigenvalue weighted by Crippen LogP contribution is -2.30. The van der Waals surface area contributed by atoms with Crippen LogP contribution in [-0.2, 0) is 6.54 Å². The summed E-state index contributed by atoms with van der Waals surface area (Å²) in [5, 5.41) is 10.1. The fourth-order valence-corrected chi connectivity index (χ4v) is 3.68. The first kappa shape index (κ1) is 16.5. The highest BCUT2D eigenvalue weighted by Crippen LogP contribution is 2.26. The van der Waals surface area contributed by atoms with Gasteiger partial charge in [0.25, 0.3) is 0 Å². The van der Waals surface area contributed by atoms with Crippen molar-refractivity contribution in [1.29, 1.82) is 0 Å². The van der Waals surface area contributed by atoms with Crippen molar-refractivity contribution < 1.29 is 4.39 Å². The van der Waals surface area contributed by atoms with Gasteiger partial charge in [-0.1, -0.05) is 32.0 Å². The third-order valence-corrected chi connectivity index (χ3v) is 4.89. The molecule has 1 fully saturated rings. The van der Waals surface area contributed by atoms with E-state index in [0.29, 0.717) is 5.25 Å². The van der Waals surface area contributed by atoms with Crippen LogP contribution in [0.4, 0.5) is 4.39 Å². The maximum Gasteiger partial charge on any atom is 0.196 e. The van der Waals surface area contributed by atoms with Crippen LogP contribution in [0.15, 0.2) is 29.4 Å². The van der Waals surface area contributed by atoms with E-state index in [1.807, 2.05) is 0 Å². The predicted octanol–water partition coefficient (Wildman–Crippen LogP) is 3.89. The van der Waals surface area contributed by atoms with Crippen molar-refractivity contribution in [2.75, 3.05) is 13.1 Å². The molecule has 0 amide bonds. The minimum Gasteiger partial charge on any atom is -0.296 e. The van der Waals surface area contributed by atoms with E-state index < -0.39 is 0 Å². The van der Waals surface area contributed by atoms with E-state index in [9.17, 15) is 4.39 Å². The highest BCUT2D eigenvalue weighted by Gasteiger charge is 2.19. The predicted molar refractivity (Wildman–Crippen MR) is 91.4 cm³/mol. The molecule has 1 aromatic heterocycles. The van der Waals surface area contributed by atoms with Crippen molar-refractivity contribution in [3.8, 4) is 5.69 Å². The zero-order valence-corrected chi connectivity index (χ0v) is 14.5. The summed E-state index contributed by atoms with van der Waals surface area (Å²) in [6.07, 6.45) is 3.81. The minimum absolute atomic E-state index is 0.225. The third kappa shape index (κ3) is 4.12. The van der Waals surface area contributed by atoms with E-state index in [2.05, 4.69) is 33.5 Å². The van der Waals surface area contributed by atoms with Gasteiger partial charge in [0.15, 0.2) is 11.0 Å². The average Bonchev–Trinajstić information content (AvgIpc) is 2.91. The molecule has 0 aliphatic carbocycles. The molecule has 1 aliphatic rings. The highest BCUT2D eigenvalue weighted by molar-refractivity contribution is 7.99. The summed E-state index contributed by atoms with van der Waals surface area (Å²) >= 11 is 1.68. The fourth-order valence-electron chi connectivity index (χ4n) is 2.86. The molecule has 0 radical (unpaired) electrons. The molecule has 0 N–H and O–H groups in total. The quantitative estimate of drug-likeness (QED) is 0.777. The van der Waals surface area contributed by atoms with Gasteiger partial charge in [-0.05, 0) is 50.2 Å². The minimum atomic E-state index is -0.225. The summed E-state index contributed by atoms with van der Waals surface area (Å²) in [7, 11) is 0. The molecule has 0 spiro atoms. The Kier molecular flexibility index (Phi) is 5.33. The number of likely N-dealkylation sites (tertiary alicyclic amines) is 1. The van der Waals surface area contributed by atoms with Gasteiger partial charge in [-0.3, -0.25) is 9.47 Å². The Morgan fingerprint density at radius 3 is 2.43 bits per heavy atom. The zero-order chi connectivity index (χ0) is 16.2. The number of hydrogen-bond acceptors (Lipinski definition) is 4. The number of thioether (sulfide) groups is 1. The summed E-state index contributed by atoms with van der Waals surface area (Å²) in [5.74, 6) is 0.708. The van der Waals surface area contributed by atoms with Crippen molar-refractivity contribution in [2.45, 2.75) is 50.1 Å². The molecule has 3 rings (SSSR count). The summed E-state index contributed by atoms with van der Waals surface area (Å²) in [6.45, 7) is 7.30. The molecule has 2 aromatic rings. The highest BCUT2D eigenvalue weighted by atomic mass is 32.2. The zero-order valence-electron chi connectivity index (χ0n) is 13.7. The fraction of sp³-hybridized carbons (Fsp3) is 0.529. The molecular weight excluding hydrogens is 311 g/mol. The Bertz CT molecular complexity index is 633. The Morgan fingerprint density at radius 2 is 1.78 bits per heavy atom. The maximum absolute atomic E-state index is 13.3. The van der Waals surface area contributed by atoms with Gasteiger partial charge >= 0.3 is 0 Å². The normalized spacial score (nSPS) is 16.2. The maximum atomic E-state index is 13.3. The number of hydrogen-bond donors (Lipinski definition) is 0. The van der Waals surface area contributed by atoms with E-state index in [-0.39, 0.29) is 5.82 Å². The summed E-state index contributed by atoms with van der Waals surface area (Å²) in [5.41, 5.74) is 0.923. The molecule has 0 saturated carbocycles. The van der Waals surface area contributed by atoms with E-state index in [0.717, 1.165) is 36.3 Å². The van der Waals surface area contributed by atoms with Crippen LogP contribution < -0.4 is 0 Å². The van der Waals surface area contributed by atoms with Gasteiger partial charge < -0.3 is 0 Å². The summed E-state index contributed by atoms with van der Waals surface area (Å²) < 4.78 is 15.3. The average molecular weight is 334 g/mol. The van der Waals surface area contributed by atoms with E-state index in [1.165, 1.54) is 31.4 Å². The lowest BCUT2D eigenvalue weighted by atomic mass is 10.1. The molecule has 0 unspecified atom stereocenters. The number of nitrogens with zero attached hydrogens (tertiary/aromatic N) is 4. The number of benzene rings is 1. The number of aromatic nitrogens is 3. The molecule has 1 saturated heterocycles. The molecule has 23 heavy (non-hydrogen) atoms. The van der Waals surface area contributed by atoms with Crippen LogP contribution in [0.3, 0.4) is 0 Å². The molecule has 0 bridgehead atoms. The largest absolute Gasteiger partial charge is 0.296 e. The number of rotatable bonds is 5. The van der Waals surface area contributed by atoms with Crippen LogP contribution in [0.5, 0.6) is 0 Å². The van der Waals surface area contributed by atoms with Crippen molar-refractivity contribution in [3.63, 3.8) is 0 Å². The van der Waals surface area contributed by atoms with Crippen molar-refractivity contribution in [2.24, 2.45) is 0 Å². The van der Waals surface area contributed by atoms with Crippen molar-refractivity contribution in [3.05, 3.63) is 35.9 Å². The van der Waals surface area contributed by atoms with Gasteiger partial charge in [-0.2, -0.15) is 0 Å². The second kappa shape index (κ2) is 7.45. The van der Waals surface area contributed by atoms with E-state index in [4.69, 9.17) is 0 Å². The lowest BCUT2D eigenvalue weighted by molar-refractivity contribution is 0.214. The molecule has 1 aromatic carbocycles. The molecule has 124 valence electrons. The first-order valence-electron chi connectivity index (χ1n) is 8.23. The third-order valence-electron chi connectivity index (χ3n) is 3.94. The SMILES string of the molecule is CC(C)Sc1nnc(CN2CCCCC2)n1-c1ccc(F)cc1. The smallest absolute Gasteiger partial charge is 0.196 e. The van der Waals surface area contributed by atoms with Crippen LogP contribution in [-0.4, -0.2) is 38.0 Å². The lowest BCUT2D eigenvalue weighted by Gasteiger charge is -2.26. The van der Waals surface area contributed by atoms with Crippen molar-refractivity contribution >= 4 is 11.8 Å². The number of halogens is 1. The second-order valence-electron chi connectivity index (χ2n) is 6.21. The molecule has 0 atom stereocenters. The van der Waals surface area contributed by atoms with Crippen LogP contribution in [0, 0.1) is 5.82 Å². The standard InChI is InChI=1S/C17H23FN4S/c1-13(2)23-17-20-19-16(12-21-10-4-3-5-11-21)22(17)15-8-6-14(18)7-9-15/h6-9,13H,3-5,10-12H2,1-2H3. The van der Waals surface area contributed by atoms with Gasteiger partial charge in [-0.15, -0.1) is 10.2 Å². The first-order valence-corrected chi connectivity index (χ1v) is 9.10. The van der Waals surface area contributed by atoms with Gasteiger partial charge in [0, 0.05) is 10.9 Å². The molecule has 6 heteroatoms. The van der Waals surface area contributed by atoms with E-state index in [1.54, 1.807) is 23.9 Å². The monoisotopic (exact) mass is 334 g/mol. The Labute approximate surface area is 141 Å². The van der Waals surface area contributed by atoms with Crippen LogP contribution in [0.1, 0.15) is 38.9 Å². The Morgan fingerprint density at radius 1 is 1.09 bits per heavy atom. The van der Waals surface area contributed by atoms with Gasteiger partial charge in [0.1, 0.15) is 5.82 Å². The Balaban J connectivity index is 1.91. The van der Waals surface area contributed by atoms with Crippen LogP contribution in [0.25, 0.3) is 5.69 Å². The van der Waals surface area contributed by atoms with Gasteiger partial charge in [0.05, 0.1) is 6.54 Å². The Hall–Kier alpha value is -1.40. The van der Waals surface area contributed by atoms with E-state index >= 15 is 0 Å². The topological polar surface area (TPSA) is 34.0 Å². The second-order valence-corrected chi connectivity index (χ2v) is 7.76. The van der Waals surface area contributed by atoms with Gasteiger partial charge in [-0.25, -0.2) is 4.39 Å².